The average Bonchev–Trinajstić information content (AvgIpc) is 2.58. The minimum Gasteiger partial charge on any atom is -0.383 e. The number of nitrogens with zero attached hydrogens (tertiary/aromatic N) is 2. The Morgan fingerprint density at radius 2 is 2.13 bits per heavy atom. The number of aromatic nitrogens is 2. The van der Waals surface area contributed by atoms with E-state index in [9.17, 15) is 5.11 Å². The summed E-state index contributed by atoms with van der Waals surface area (Å²) in [6.07, 6.45) is 2.24. The van der Waals surface area contributed by atoms with Gasteiger partial charge in [-0.1, -0.05) is 32.4 Å². The van der Waals surface area contributed by atoms with Crippen molar-refractivity contribution in [3.05, 3.63) is 16.9 Å². The average molecular weight is 231 g/mol. The summed E-state index contributed by atoms with van der Waals surface area (Å²) in [5.74, 6) is 0.113. The van der Waals surface area contributed by atoms with Gasteiger partial charge in [0.25, 0.3) is 0 Å². The lowest BCUT2D eigenvalue weighted by molar-refractivity contribution is -0.0219. The molecule has 0 fully saturated rings. The predicted octanol–water partition coefficient (Wildman–Crippen LogP) is 2.81. The smallest absolute Gasteiger partial charge is 0.110 e. The van der Waals surface area contributed by atoms with E-state index < -0.39 is 5.60 Å². The van der Waals surface area contributed by atoms with E-state index in [0.29, 0.717) is 11.4 Å². The van der Waals surface area contributed by atoms with Crippen LogP contribution in [-0.2, 0) is 12.1 Å². The SMILES string of the molecule is CCn1ncc(Cl)c1C(O)(CC)C(C)C. The van der Waals surface area contributed by atoms with Crippen LogP contribution in [0.5, 0.6) is 0 Å². The minimum absolute atomic E-state index is 0.113. The number of hydrogen-bond donors (Lipinski definition) is 1. The molecule has 0 saturated carbocycles. The van der Waals surface area contributed by atoms with Gasteiger partial charge in [0.15, 0.2) is 0 Å². The first-order chi connectivity index (χ1) is 6.97. The monoisotopic (exact) mass is 230 g/mol. The van der Waals surface area contributed by atoms with E-state index >= 15 is 0 Å². The first-order valence-electron chi connectivity index (χ1n) is 5.41. The summed E-state index contributed by atoms with van der Waals surface area (Å²) in [7, 11) is 0. The van der Waals surface area contributed by atoms with E-state index in [1.165, 1.54) is 0 Å². The third-order valence-electron chi connectivity index (χ3n) is 3.00. The van der Waals surface area contributed by atoms with Gasteiger partial charge in [0.05, 0.1) is 16.9 Å². The highest BCUT2D eigenvalue weighted by molar-refractivity contribution is 6.31. The van der Waals surface area contributed by atoms with E-state index in [-0.39, 0.29) is 5.92 Å². The molecule has 0 amide bonds. The third kappa shape index (κ3) is 2.04. The van der Waals surface area contributed by atoms with Gasteiger partial charge in [0.1, 0.15) is 5.60 Å². The normalized spacial score (nSPS) is 15.7. The molecule has 1 heterocycles. The molecule has 4 heteroatoms. The summed E-state index contributed by atoms with van der Waals surface area (Å²) in [4.78, 5) is 0. The zero-order valence-corrected chi connectivity index (χ0v) is 10.5. The zero-order valence-electron chi connectivity index (χ0n) is 9.79. The van der Waals surface area contributed by atoms with E-state index in [4.69, 9.17) is 11.6 Å². The van der Waals surface area contributed by atoms with Crippen LogP contribution in [-0.4, -0.2) is 14.9 Å². The highest BCUT2D eigenvalue weighted by atomic mass is 35.5. The lowest BCUT2D eigenvalue weighted by Crippen LogP contribution is -2.34. The standard InChI is InChI=1S/C11H19ClN2O/c1-5-11(15,8(3)4)10-9(12)7-13-14(10)6-2/h7-8,15H,5-6H2,1-4H3. The number of halogens is 1. The van der Waals surface area contributed by atoms with Gasteiger partial charge in [-0.2, -0.15) is 5.10 Å². The summed E-state index contributed by atoms with van der Waals surface area (Å²) >= 11 is 6.09. The number of rotatable bonds is 4. The van der Waals surface area contributed by atoms with Crippen molar-refractivity contribution in [3.63, 3.8) is 0 Å². The van der Waals surface area contributed by atoms with Crippen LogP contribution in [0.4, 0.5) is 0 Å². The summed E-state index contributed by atoms with van der Waals surface area (Å²) < 4.78 is 1.77. The number of aryl methyl sites for hydroxylation is 1. The van der Waals surface area contributed by atoms with Crippen molar-refractivity contribution in [2.45, 2.75) is 46.3 Å². The molecule has 0 spiro atoms. The van der Waals surface area contributed by atoms with Crippen molar-refractivity contribution < 1.29 is 5.11 Å². The molecule has 1 N–H and O–H groups in total. The lowest BCUT2D eigenvalue weighted by atomic mass is 9.84. The summed E-state index contributed by atoms with van der Waals surface area (Å²) in [6.45, 7) is 8.66. The fraction of sp³-hybridized carbons (Fsp3) is 0.727. The van der Waals surface area contributed by atoms with Crippen LogP contribution in [0.25, 0.3) is 0 Å². The van der Waals surface area contributed by atoms with E-state index in [0.717, 1.165) is 12.2 Å². The van der Waals surface area contributed by atoms with Crippen LogP contribution in [0.2, 0.25) is 5.02 Å². The zero-order chi connectivity index (χ0) is 11.6. The molecule has 1 rings (SSSR count). The van der Waals surface area contributed by atoms with E-state index in [1.54, 1.807) is 10.9 Å². The van der Waals surface area contributed by atoms with Crippen molar-refractivity contribution in [2.24, 2.45) is 5.92 Å². The molecular weight excluding hydrogens is 212 g/mol. The summed E-state index contributed by atoms with van der Waals surface area (Å²) in [5.41, 5.74) is -0.145. The summed E-state index contributed by atoms with van der Waals surface area (Å²) in [6, 6.07) is 0. The quantitative estimate of drug-likeness (QED) is 0.864. The molecule has 86 valence electrons. The maximum atomic E-state index is 10.6. The molecule has 1 unspecified atom stereocenters. The molecule has 1 atom stereocenters. The van der Waals surface area contributed by atoms with Gasteiger partial charge >= 0.3 is 0 Å². The Morgan fingerprint density at radius 3 is 2.53 bits per heavy atom. The van der Waals surface area contributed by atoms with Crippen molar-refractivity contribution in [1.82, 2.24) is 9.78 Å². The molecule has 1 aromatic heterocycles. The van der Waals surface area contributed by atoms with Crippen LogP contribution in [0.15, 0.2) is 6.20 Å². The first-order valence-corrected chi connectivity index (χ1v) is 5.79. The first kappa shape index (κ1) is 12.5. The van der Waals surface area contributed by atoms with Gasteiger partial charge in [-0.05, 0) is 19.3 Å². The third-order valence-corrected chi connectivity index (χ3v) is 3.28. The Bertz CT molecular complexity index is 335. The second-order valence-corrected chi connectivity index (χ2v) is 4.50. The van der Waals surface area contributed by atoms with Crippen LogP contribution in [0, 0.1) is 5.92 Å². The van der Waals surface area contributed by atoms with Crippen molar-refractivity contribution >= 4 is 11.6 Å². The Labute approximate surface area is 96.1 Å². The Kier molecular flexibility index (Phi) is 3.79. The van der Waals surface area contributed by atoms with Crippen molar-refractivity contribution in [1.29, 1.82) is 0 Å². The van der Waals surface area contributed by atoms with Crippen molar-refractivity contribution in [2.75, 3.05) is 0 Å². The maximum Gasteiger partial charge on any atom is 0.110 e. The van der Waals surface area contributed by atoms with Gasteiger partial charge in [-0.3, -0.25) is 4.68 Å². The fourth-order valence-corrected chi connectivity index (χ4v) is 2.19. The Balaban J connectivity index is 3.28. The van der Waals surface area contributed by atoms with Gasteiger partial charge in [0.2, 0.25) is 0 Å². The van der Waals surface area contributed by atoms with Crippen LogP contribution >= 0.6 is 11.6 Å². The van der Waals surface area contributed by atoms with Gasteiger partial charge in [-0.15, -0.1) is 0 Å². The van der Waals surface area contributed by atoms with E-state index in [2.05, 4.69) is 5.10 Å². The molecule has 0 aromatic carbocycles. The van der Waals surface area contributed by atoms with Gasteiger partial charge < -0.3 is 5.11 Å². The highest BCUT2D eigenvalue weighted by Crippen LogP contribution is 2.36. The molecule has 1 aromatic rings. The second kappa shape index (κ2) is 4.54. The minimum atomic E-state index is -0.885. The molecule has 0 bridgehead atoms. The van der Waals surface area contributed by atoms with Gasteiger partial charge in [0, 0.05) is 6.54 Å². The maximum absolute atomic E-state index is 10.6. The highest BCUT2D eigenvalue weighted by Gasteiger charge is 2.36. The van der Waals surface area contributed by atoms with Crippen LogP contribution < -0.4 is 0 Å². The molecular formula is C11H19ClN2O. The molecule has 0 aliphatic rings. The Morgan fingerprint density at radius 1 is 1.53 bits per heavy atom. The second-order valence-electron chi connectivity index (χ2n) is 4.09. The Hall–Kier alpha value is -0.540. The van der Waals surface area contributed by atoms with Gasteiger partial charge in [-0.25, -0.2) is 0 Å². The molecule has 0 aliphatic carbocycles. The van der Waals surface area contributed by atoms with Crippen molar-refractivity contribution in [3.8, 4) is 0 Å². The molecule has 0 aliphatic heterocycles. The number of aliphatic hydroxyl groups is 1. The summed E-state index contributed by atoms with van der Waals surface area (Å²) in [5, 5.41) is 15.3. The fourth-order valence-electron chi connectivity index (χ4n) is 1.88. The number of hydrogen-bond acceptors (Lipinski definition) is 2. The molecule has 15 heavy (non-hydrogen) atoms. The lowest BCUT2D eigenvalue weighted by Gasteiger charge is -2.32. The van der Waals surface area contributed by atoms with Crippen LogP contribution in [0.3, 0.4) is 0 Å². The molecule has 0 saturated heterocycles. The topological polar surface area (TPSA) is 38.0 Å². The largest absolute Gasteiger partial charge is 0.383 e. The molecule has 3 nitrogen and oxygen atoms in total. The van der Waals surface area contributed by atoms with Crippen LogP contribution in [0.1, 0.15) is 39.8 Å². The predicted molar refractivity (Wildman–Crippen MR) is 61.9 cm³/mol. The molecule has 0 radical (unpaired) electrons. The van der Waals surface area contributed by atoms with E-state index in [1.807, 2.05) is 27.7 Å².